The van der Waals surface area contributed by atoms with Gasteiger partial charge in [-0.2, -0.15) is 0 Å². The molecule has 21 heavy (non-hydrogen) atoms. The Morgan fingerprint density at radius 2 is 2.19 bits per heavy atom. The van der Waals surface area contributed by atoms with Crippen LogP contribution in [0.25, 0.3) is 10.9 Å². The summed E-state index contributed by atoms with van der Waals surface area (Å²) < 4.78 is 0. The lowest BCUT2D eigenvalue weighted by Crippen LogP contribution is -2.69. The Labute approximate surface area is 127 Å². The number of nitrogens with zero attached hydrogens (tertiary/aromatic N) is 1. The molecule has 2 saturated heterocycles. The van der Waals surface area contributed by atoms with E-state index in [0.717, 1.165) is 37.0 Å². The molecule has 2 aromatic rings. The standard InChI is InChI=1S/C16H16ClN3O/c17-16-13-6-3-7-20(13)15(21)12(19-16)8-10-9-4-1-2-5-11(9)18-14(10)16/h1-2,4-5,12-13,18-19H,3,6-8H2/t12-,13+,16-/m1/s1. The number of fused-ring (bicyclic) bond motifs is 8. The van der Waals surface area contributed by atoms with Gasteiger partial charge in [-0.3, -0.25) is 10.1 Å². The van der Waals surface area contributed by atoms with E-state index in [4.69, 9.17) is 11.6 Å². The molecule has 0 radical (unpaired) electrons. The van der Waals surface area contributed by atoms with Crippen molar-refractivity contribution in [3.05, 3.63) is 35.5 Å². The number of aromatic amines is 1. The van der Waals surface area contributed by atoms with E-state index in [1.54, 1.807) is 0 Å². The van der Waals surface area contributed by atoms with Crippen LogP contribution in [-0.2, 0) is 16.2 Å². The summed E-state index contributed by atoms with van der Waals surface area (Å²) in [6.45, 7) is 0.839. The SMILES string of the molecule is O=C1[C@H]2Cc3c([nH]c4ccccc34)[C@](Cl)(N2)[C@@H]2CCCN12. The van der Waals surface area contributed by atoms with Crippen molar-refractivity contribution in [2.75, 3.05) is 6.54 Å². The molecule has 1 amide bonds. The number of aromatic nitrogens is 1. The Bertz CT molecular complexity index is 770. The lowest BCUT2D eigenvalue weighted by atomic mass is 9.85. The molecule has 2 fully saturated rings. The fraction of sp³-hybridized carbons (Fsp3) is 0.438. The number of rotatable bonds is 0. The van der Waals surface area contributed by atoms with Crippen molar-refractivity contribution in [2.45, 2.75) is 36.3 Å². The minimum Gasteiger partial charge on any atom is -0.356 e. The third-order valence-corrected chi connectivity index (χ3v) is 5.81. The first kappa shape index (κ1) is 12.1. The number of amides is 1. The van der Waals surface area contributed by atoms with Crippen LogP contribution in [-0.4, -0.2) is 34.4 Å². The van der Waals surface area contributed by atoms with Crippen LogP contribution < -0.4 is 5.32 Å². The zero-order valence-corrected chi connectivity index (χ0v) is 12.3. The molecule has 3 aliphatic heterocycles. The Morgan fingerprint density at radius 1 is 1.33 bits per heavy atom. The second-order valence-corrected chi connectivity index (χ2v) is 6.92. The van der Waals surface area contributed by atoms with E-state index in [1.807, 2.05) is 17.0 Å². The summed E-state index contributed by atoms with van der Waals surface area (Å²) in [4.78, 5) is 17.5. The molecule has 1 aromatic heterocycles. The number of halogens is 1. The minimum atomic E-state index is -0.665. The molecule has 4 nitrogen and oxygen atoms in total. The Hall–Kier alpha value is -1.52. The van der Waals surface area contributed by atoms with Crippen LogP contribution in [0.1, 0.15) is 24.1 Å². The highest BCUT2D eigenvalue weighted by Gasteiger charge is 2.57. The van der Waals surface area contributed by atoms with Crippen LogP contribution in [0.5, 0.6) is 0 Å². The highest BCUT2D eigenvalue weighted by Crippen LogP contribution is 2.47. The fourth-order valence-corrected chi connectivity index (χ4v) is 4.88. The summed E-state index contributed by atoms with van der Waals surface area (Å²) in [5, 5.41) is 4.61. The highest BCUT2D eigenvalue weighted by molar-refractivity contribution is 6.25. The second-order valence-electron chi connectivity index (χ2n) is 6.33. The lowest BCUT2D eigenvalue weighted by Gasteiger charge is -2.49. The van der Waals surface area contributed by atoms with Gasteiger partial charge in [-0.1, -0.05) is 29.8 Å². The average Bonchev–Trinajstić information content (AvgIpc) is 3.11. The van der Waals surface area contributed by atoms with Crippen molar-refractivity contribution in [1.29, 1.82) is 0 Å². The molecule has 108 valence electrons. The molecule has 5 rings (SSSR count). The molecule has 3 aliphatic rings. The summed E-state index contributed by atoms with van der Waals surface area (Å²) in [5.74, 6) is 0.213. The van der Waals surface area contributed by atoms with E-state index in [-0.39, 0.29) is 18.0 Å². The quantitative estimate of drug-likeness (QED) is 0.578. The van der Waals surface area contributed by atoms with E-state index >= 15 is 0 Å². The number of hydrogen-bond donors (Lipinski definition) is 2. The van der Waals surface area contributed by atoms with Crippen molar-refractivity contribution in [3.8, 4) is 0 Å². The van der Waals surface area contributed by atoms with Gasteiger partial charge < -0.3 is 9.88 Å². The number of alkyl halides is 1. The maximum atomic E-state index is 12.6. The Balaban J connectivity index is 1.79. The van der Waals surface area contributed by atoms with Crippen molar-refractivity contribution in [1.82, 2.24) is 15.2 Å². The summed E-state index contributed by atoms with van der Waals surface area (Å²) >= 11 is 7.04. The number of H-pyrrole nitrogens is 1. The summed E-state index contributed by atoms with van der Waals surface area (Å²) in [5.41, 5.74) is 3.38. The van der Waals surface area contributed by atoms with Gasteiger partial charge in [0.25, 0.3) is 0 Å². The van der Waals surface area contributed by atoms with Crippen molar-refractivity contribution in [2.24, 2.45) is 0 Å². The van der Waals surface area contributed by atoms with E-state index in [0.29, 0.717) is 0 Å². The maximum Gasteiger partial charge on any atom is 0.240 e. The predicted molar refractivity (Wildman–Crippen MR) is 81.2 cm³/mol. The number of piperazine rings is 1. The van der Waals surface area contributed by atoms with Crippen molar-refractivity contribution < 1.29 is 4.79 Å². The van der Waals surface area contributed by atoms with Gasteiger partial charge in [-0.25, -0.2) is 0 Å². The number of benzene rings is 1. The summed E-state index contributed by atoms with van der Waals surface area (Å²) in [6, 6.07) is 8.12. The molecule has 3 atom stereocenters. The van der Waals surface area contributed by atoms with Crippen LogP contribution in [0, 0.1) is 0 Å². The molecule has 1 aromatic carbocycles. The van der Waals surface area contributed by atoms with E-state index in [1.165, 1.54) is 10.9 Å². The Morgan fingerprint density at radius 3 is 3.10 bits per heavy atom. The zero-order valence-electron chi connectivity index (χ0n) is 11.5. The molecule has 0 aliphatic carbocycles. The van der Waals surface area contributed by atoms with Crippen LogP contribution >= 0.6 is 11.6 Å². The van der Waals surface area contributed by atoms with Crippen molar-refractivity contribution in [3.63, 3.8) is 0 Å². The van der Waals surface area contributed by atoms with Gasteiger partial charge in [0.1, 0.15) is 0 Å². The fourth-order valence-electron chi connectivity index (χ4n) is 4.36. The van der Waals surface area contributed by atoms with Gasteiger partial charge >= 0.3 is 0 Å². The van der Waals surface area contributed by atoms with Gasteiger partial charge in [0.05, 0.1) is 17.8 Å². The normalized spacial score (nSPS) is 34.1. The first-order chi connectivity index (χ1) is 10.2. The van der Waals surface area contributed by atoms with Gasteiger partial charge in [0.2, 0.25) is 5.91 Å². The van der Waals surface area contributed by atoms with Crippen LogP contribution in [0.2, 0.25) is 0 Å². The van der Waals surface area contributed by atoms with E-state index in [9.17, 15) is 4.79 Å². The second kappa shape index (κ2) is 3.81. The topological polar surface area (TPSA) is 48.1 Å². The first-order valence-electron chi connectivity index (χ1n) is 7.55. The average molecular weight is 302 g/mol. The van der Waals surface area contributed by atoms with Gasteiger partial charge in [0, 0.05) is 17.4 Å². The first-order valence-corrected chi connectivity index (χ1v) is 7.93. The number of carbonyl (C=O) groups excluding carboxylic acids is 1. The van der Waals surface area contributed by atoms with Gasteiger partial charge in [-0.15, -0.1) is 0 Å². The molecular weight excluding hydrogens is 286 g/mol. The minimum absolute atomic E-state index is 0.0510. The predicted octanol–water partition coefficient (Wildman–Crippen LogP) is 2.08. The lowest BCUT2D eigenvalue weighted by molar-refractivity contribution is -0.140. The number of carbonyl (C=O) groups is 1. The van der Waals surface area contributed by atoms with Crippen LogP contribution in [0.3, 0.4) is 0 Å². The van der Waals surface area contributed by atoms with Gasteiger partial charge in [0.15, 0.2) is 5.00 Å². The van der Waals surface area contributed by atoms with Crippen LogP contribution in [0.4, 0.5) is 0 Å². The highest BCUT2D eigenvalue weighted by atomic mass is 35.5. The summed E-state index contributed by atoms with van der Waals surface area (Å²) in [7, 11) is 0. The largest absolute Gasteiger partial charge is 0.356 e. The number of hydrogen-bond acceptors (Lipinski definition) is 2. The van der Waals surface area contributed by atoms with Crippen molar-refractivity contribution >= 4 is 28.4 Å². The Kier molecular flexibility index (Phi) is 2.19. The zero-order chi connectivity index (χ0) is 14.2. The molecular formula is C16H16ClN3O. The molecule has 2 bridgehead atoms. The smallest absolute Gasteiger partial charge is 0.240 e. The third-order valence-electron chi connectivity index (χ3n) is 5.26. The monoisotopic (exact) mass is 301 g/mol. The number of para-hydroxylation sites is 1. The molecule has 0 spiro atoms. The van der Waals surface area contributed by atoms with E-state index in [2.05, 4.69) is 22.4 Å². The molecule has 0 saturated carbocycles. The molecule has 0 unspecified atom stereocenters. The van der Waals surface area contributed by atoms with Crippen LogP contribution in [0.15, 0.2) is 24.3 Å². The number of nitrogens with one attached hydrogen (secondary N) is 2. The molecule has 5 heteroatoms. The third kappa shape index (κ3) is 1.37. The molecule has 2 N–H and O–H groups in total. The summed E-state index contributed by atoms with van der Waals surface area (Å²) in [6.07, 6.45) is 2.72. The molecule has 4 heterocycles. The maximum absolute atomic E-state index is 12.6. The van der Waals surface area contributed by atoms with Gasteiger partial charge in [-0.05, 0) is 30.9 Å². The van der Waals surface area contributed by atoms with E-state index < -0.39 is 5.00 Å².